The van der Waals surface area contributed by atoms with Crippen LogP contribution in [-0.2, 0) is 20.7 Å². The Morgan fingerprint density at radius 3 is 2.24 bits per heavy atom. The van der Waals surface area contributed by atoms with Crippen molar-refractivity contribution in [1.29, 1.82) is 0 Å². The minimum atomic E-state index is -1.50. The van der Waals surface area contributed by atoms with Gasteiger partial charge in [-0.05, 0) is 37.5 Å². The quantitative estimate of drug-likeness (QED) is 0.508. The van der Waals surface area contributed by atoms with Crippen molar-refractivity contribution in [3.05, 3.63) is 71.8 Å². The Morgan fingerprint density at radius 2 is 1.61 bits per heavy atom. The molecule has 7 nitrogen and oxygen atoms in total. The van der Waals surface area contributed by atoms with Crippen molar-refractivity contribution in [3.63, 3.8) is 0 Å². The van der Waals surface area contributed by atoms with Crippen molar-refractivity contribution in [1.82, 2.24) is 10.6 Å². The predicted molar refractivity (Wildman–Crippen MR) is 126 cm³/mol. The molecule has 0 aliphatic heterocycles. The van der Waals surface area contributed by atoms with Gasteiger partial charge in [-0.1, -0.05) is 67.8 Å². The van der Waals surface area contributed by atoms with Crippen LogP contribution >= 0.6 is 0 Å². The van der Waals surface area contributed by atoms with Gasteiger partial charge < -0.3 is 21.1 Å². The maximum atomic E-state index is 13.1. The molecule has 0 aromatic heterocycles. The number of carbonyl (C=O) groups is 3. The lowest BCUT2D eigenvalue weighted by Gasteiger charge is -2.29. The first-order valence-electron chi connectivity index (χ1n) is 11.5. The number of esters is 1. The van der Waals surface area contributed by atoms with Crippen LogP contribution in [0.3, 0.4) is 0 Å². The van der Waals surface area contributed by atoms with Crippen molar-refractivity contribution < 1.29 is 19.1 Å². The van der Waals surface area contributed by atoms with Crippen LogP contribution in [0.4, 0.5) is 0 Å². The molecule has 0 saturated heterocycles. The number of amides is 2. The van der Waals surface area contributed by atoms with Crippen LogP contribution in [0.25, 0.3) is 0 Å². The van der Waals surface area contributed by atoms with Crippen molar-refractivity contribution in [2.24, 2.45) is 5.73 Å². The summed E-state index contributed by atoms with van der Waals surface area (Å²) in [6.45, 7) is 1.17. The minimum Gasteiger partial charge on any atom is -0.460 e. The average molecular weight is 452 g/mol. The molecule has 0 unspecified atom stereocenters. The van der Waals surface area contributed by atoms with Crippen LogP contribution in [0.2, 0.25) is 0 Å². The fourth-order valence-corrected chi connectivity index (χ4v) is 3.87. The summed E-state index contributed by atoms with van der Waals surface area (Å²) in [7, 11) is 0. The zero-order valence-electron chi connectivity index (χ0n) is 19.1. The Balaban J connectivity index is 1.64. The molecule has 2 atom stereocenters. The Labute approximate surface area is 195 Å². The summed E-state index contributed by atoms with van der Waals surface area (Å²) < 4.78 is 5.27. The topological polar surface area (TPSA) is 111 Å². The second-order valence-corrected chi connectivity index (χ2v) is 8.92. The first-order chi connectivity index (χ1) is 15.8. The number of rotatable bonds is 9. The molecule has 2 amide bonds. The van der Waals surface area contributed by atoms with Crippen molar-refractivity contribution in [2.45, 2.75) is 63.1 Å². The third kappa shape index (κ3) is 7.43. The summed E-state index contributed by atoms with van der Waals surface area (Å²) >= 11 is 0. The minimum absolute atomic E-state index is 0.123. The van der Waals surface area contributed by atoms with Gasteiger partial charge in [-0.25, -0.2) is 4.79 Å². The van der Waals surface area contributed by atoms with Gasteiger partial charge >= 0.3 is 5.97 Å². The molecule has 1 fully saturated rings. The van der Waals surface area contributed by atoms with Crippen LogP contribution in [-0.4, -0.2) is 42.0 Å². The van der Waals surface area contributed by atoms with Crippen molar-refractivity contribution in [3.8, 4) is 0 Å². The average Bonchev–Trinajstić information content (AvgIpc) is 2.84. The standard InChI is InChI=1S/C26H33N3O4/c1-26(27,18-33-24(31)20-13-7-3-8-14-20)25(32)29-22(17-19-11-5-2-6-12-19)23(30)28-21-15-9-4-10-16-21/h2-3,5-8,11-14,21-22H,4,9-10,15-18,27H2,1H3,(H,28,30)(H,29,32)/t22-,26-/m0/s1. The smallest absolute Gasteiger partial charge is 0.338 e. The molecule has 7 heteroatoms. The van der Waals surface area contributed by atoms with Gasteiger partial charge in [0.25, 0.3) is 0 Å². The molecular weight excluding hydrogens is 418 g/mol. The van der Waals surface area contributed by atoms with E-state index in [1.807, 2.05) is 30.3 Å². The van der Waals surface area contributed by atoms with Crippen molar-refractivity contribution in [2.75, 3.05) is 6.61 Å². The summed E-state index contributed by atoms with van der Waals surface area (Å²) in [5, 5.41) is 5.88. The van der Waals surface area contributed by atoms with Gasteiger partial charge in [-0.2, -0.15) is 0 Å². The maximum absolute atomic E-state index is 13.1. The molecule has 1 saturated carbocycles. The van der Waals surface area contributed by atoms with E-state index in [2.05, 4.69) is 10.6 Å². The van der Waals surface area contributed by atoms with E-state index in [-0.39, 0.29) is 18.6 Å². The Kier molecular flexibility index (Phi) is 8.60. The molecule has 2 aromatic rings. The number of hydrogen-bond donors (Lipinski definition) is 3. The fourth-order valence-electron chi connectivity index (χ4n) is 3.87. The van der Waals surface area contributed by atoms with E-state index in [9.17, 15) is 14.4 Å². The van der Waals surface area contributed by atoms with E-state index < -0.39 is 23.5 Å². The molecule has 33 heavy (non-hydrogen) atoms. The molecule has 3 rings (SSSR count). The lowest BCUT2D eigenvalue weighted by atomic mass is 9.94. The van der Waals surface area contributed by atoms with E-state index in [0.717, 1.165) is 31.2 Å². The number of nitrogens with one attached hydrogen (secondary N) is 2. The first kappa shape index (κ1) is 24.5. The van der Waals surface area contributed by atoms with Crippen LogP contribution in [0.1, 0.15) is 54.9 Å². The number of hydrogen-bond acceptors (Lipinski definition) is 5. The normalized spacial score (nSPS) is 16.8. The number of benzene rings is 2. The molecule has 0 spiro atoms. The van der Waals surface area contributed by atoms with Crippen LogP contribution in [0, 0.1) is 0 Å². The van der Waals surface area contributed by atoms with Gasteiger partial charge in [-0.15, -0.1) is 0 Å². The largest absolute Gasteiger partial charge is 0.460 e. The van der Waals surface area contributed by atoms with Crippen molar-refractivity contribution >= 4 is 17.8 Å². The van der Waals surface area contributed by atoms with Crippen LogP contribution in [0.15, 0.2) is 60.7 Å². The lowest BCUT2D eigenvalue weighted by Crippen LogP contribution is -2.60. The van der Waals surface area contributed by atoms with E-state index >= 15 is 0 Å². The molecule has 2 aromatic carbocycles. The Morgan fingerprint density at radius 1 is 1.00 bits per heavy atom. The van der Waals surface area contributed by atoms with Gasteiger partial charge in [0.1, 0.15) is 18.2 Å². The third-order valence-corrected chi connectivity index (χ3v) is 5.89. The second-order valence-electron chi connectivity index (χ2n) is 8.92. The maximum Gasteiger partial charge on any atom is 0.338 e. The molecule has 4 N–H and O–H groups in total. The van der Waals surface area contributed by atoms with E-state index in [4.69, 9.17) is 10.5 Å². The van der Waals surface area contributed by atoms with Gasteiger partial charge in [0.2, 0.25) is 11.8 Å². The third-order valence-electron chi connectivity index (χ3n) is 5.89. The molecular formula is C26H33N3O4. The zero-order chi connectivity index (χ0) is 23.7. The monoisotopic (exact) mass is 451 g/mol. The van der Waals surface area contributed by atoms with Crippen LogP contribution in [0.5, 0.6) is 0 Å². The molecule has 0 radical (unpaired) electrons. The van der Waals surface area contributed by atoms with E-state index in [0.29, 0.717) is 12.0 Å². The summed E-state index contributed by atoms with van der Waals surface area (Å²) in [6, 6.07) is 17.4. The molecule has 0 heterocycles. The van der Waals surface area contributed by atoms with Gasteiger partial charge in [0.05, 0.1) is 5.56 Å². The summed E-state index contributed by atoms with van der Waals surface area (Å²) in [6.07, 6.45) is 5.60. The summed E-state index contributed by atoms with van der Waals surface area (Å²) in [4.78, 5) is 38.3. The first-order valence-corrected chi connectivity index (χ1v) is 11.5. The zero-order valence-corrected chi connectivity index (χ0v) is 19.1. The summed E-state index contributed by atoms with van der Waals surface area (Å²) in [5.74, 6) is -1.34. The molecule has 176 valence electrons. The molecule has 1 aliphatic rings. The second kappa shape index (κ2) is 11.6. The highest BCUT2D eigenvalue weighted by Gasteiger charge is 2.34. The van der Waals surface area contributed by atoms with E-state index in [1.165, 1.54) is 13.3 Å². The molecule has 0 bridgehead atoms. The number of ether oxygens (including phenoxy) is 1. The fraction of sp³-hybridized carbons (Fsp3) is 0.423. The highest BCUT2D eigenvalue weighted by atomic mass is 16.5. The lowest BCUT2D eigenvalue weighted by molar-refractivity contribution is -0.133. The van der Waals surface area contributed by atoms with Gasteiger partial charge in [-0.3, -0.25) is 9.59 Å². The highest BCUT2D eigenvalue weighted by Crippen LogP contribution is 2.18. The highest BCUT2D eigenvalue weighted by molar-refractivity contribution is 5.93. The molecule has 1 aliphatic carbocycles. The van der Waals surface area contributed by atoms with Gasteiger partial charge in [0.15, 0.2) is 0 Å². The van der Waals surface area contributed by atoms with Crippen LogP contribution < -0.4 is 16.4 Å². The SMILES string of the molecule is C[C@](N)(COC(=O)c1ccccc1)C(=O)N[C@@H](Cc1ccccc1)C(=O)NC1CCCCC1. The predicted octanol–water partition coefficient (Wildman–Crippen LogP) is 2.74. The Hall–Kier alpha value is -3.19. The van der Waals surface area contributed by atoms with E-state index in [1.54, 1.807) is 30.3 Å². The summed E-state index contributed by atoms with van der Waals surface area (Å²) in [5.41, 5.74) is 6.00. The Bertz CT molecular complexity index is 925. The number of carbonyl (C=O) groups excluding carboxylic acids is 3. The number of nitrogens with two attached hydrogens (primary N) is 1. The van der Waals surface area contributed by atoms with Gasteiger partial charge in [0, 0.05) is 12.5 Å².